The largest absolute Gasteiger partial charge is 0.489 e. The Labute approximate surface area is 267 Å². The molecule has 1 aliphatic rings. The molecule has 46 heavy (non-hydrogen) atoms. The number of ether oxygens (including phenoxy) is 1. The molecule has 0 aromatic heterocycles. The molecule has 2 unspecified atom stereocenters. The van der Waals surface area contributed by atoms with Gasteiger partial charge in [0.2, 0.25) is 0 Å². The summed E-state index contributed by atoms with van der Waals surface area (Å²) in [6.07, 6.45) is 15.3. The first kappa shape index (κ1) is 38.3. The maximum atomic E-state index is 14.9. The SMILES string of the molecule is CCCNN(C)CCCC1=CCC(C)(COc2c(F)cc(F)cc2C(=N)/C=C\C=C\N(CC(F)(F)CF)/N=C\C(C)C(=O)O)C=C1. The maximum absolute atomic E-state index is 14.9. The minimum absolute atomic E-state index is 0.0634. The predicted molar refractivity (Wildman–Crippen MR) is 170 cm³/mol. The van der Waals surface area contributed by atoms with E-state index in [1.165, 1.54) is 30.7 Å². The Hall–Kier alpha value is -3.84. The average Bonchev–Trinajstić information content (AvgIpc) is 3.00. The number of carboxylic acids is 1. The predicted octanol–water partition coefficient (Wildman–Crippen LogP) is 6.91. The zero-order chi connectivity index (χ0) is 34.3. The molecule has 1 aliphatic carbocycles. The fourth-order valence-corrected chi connectivity index (χ4v) is 4.20. The van der Waals surface area contributed by atoms with E-state index in [1.54, 1.807) is 0 Å². The summed E-state index contributed by atoms with van der Waals surface area (Å²) in [6.45, 7) is 4.13. The van der Waals surface area contributed by atoms with E-state index in [4.69, 9.17) is 15.3 Å². The van der Waals surface area contributed by atoms with E-state index in [2.05, 4.69) is 28.5 Å². The molecule has 0 spiro atoms. The molecular formula is C33H44F5N5O3. The lowest BCUT2D eigenvalue weighted by Gasteiger charge is -2.29. The number of carbonyl (C=O) groups is 1. The van der Waals surface area contributed by atoms with Crippen LogP contribution in [-0.2, 0) is 4.79 Å². The lowest BCUT2D eigenvalue weighted by Crippen LogP contribution is -2.35. The van der Waals surface area contributed by atoms with Gasteiger partial charge in [-0.2, -0.15) is 5.10 Å². The van der Waals surface area contributed by atoms with Gasteiger partial charge in [-0.15, -0.1) is 0 Å². The summed E-state index contributed by atoms with van der Waals surface area (Å²) >= 11 is 0. The molecule has 0 heterocycles. The van der Waals surface area contributed by atoms with Gasteiger partial charge < -0.3 is 15.3 Å². The molecule has 0 amide bonds. The third-order valence-electron chi connectivity index (χ3n) is 7.01. The van der Waals surface area contributed by atoms with Crippen molar-refractivity contribution in [3.63, 3.8) is 0 Å². The summed E-state index contributed by atoms with van der Waals surface area (Å²) in [7, 11) is 2.02. The van der Waals surface area contributed by atoms with Crippen LogP contribution in [0.5, 0.6) is 5.75 Å². The topological polar surface area (TPSA) is 101 Å². The molecule has 1 aromatic rings. The summed E-state index contributed by atoms with van der Waals surface area (Å²) < 4.78 is 74.9. The first-order chi connectivity index (χ1) is 21.7. The maximum Gasteiger partial charge on any atom is 0.311 e. The van der Waals surface area contributed by atoms with Gasteiger partial charge in [-0.3, -0.25) is 15.2 Å². The number of halogens is 5. The average molecular weight is 654 g/mol. The van der Waals surface area contributed by atoms with Crippen LogP contribution in [0.4, 0.5) is 22.0 Å². The number of nitrogens with one attached hydrogen (secondary N) is 2. The summed E-state index contributed by atoms with van der Waals surface area (Å²) in [6, 6.07) is 1.63. The van der Waals surface area contributed by atoms with Gasteiger partial charge in [-0.1, -0.05) is 43.7 Å². The molecule has 1 aromatic carbocycles. The van der Waals surface area contributed by atoms with Gasteiger partial charge in [0, 0.05) is 49.6 Å². The summed E-state index contributed by atoms with van der Waals surface area (Å²) in [5.74, 6) is -8.27. The van der Waals surface area contributed by atoms with E-state index in [9.17, 15) is 26.7 Å². The van der Waals surface area contributed by atoms with Crippen LogP contribution in [0.25, 0.3) is 0 Å². The van der Waals surface area contributed by atoms with Crippen molar-refractivity contribution >= 4 is 17.9 Å². The number of hydrogen-bond donors (Lipinski definition) is 3. The lowest BCUT2D eigenvalue weighted by molar-refractivity contribution is -0.138. The number of alkyl halides is 3. The molecule has 0 saturated carbocycles. The molecule has 2 atom stereocenters. The second-order valence-corrected chi connectivity index (χ2v) is 11.5. The summed E-state index contributed by atoms with van der Waals surface area (Å²) in [5.41, 5.74) is 3.57. The zero-order valence-electron chi connectivity index (χ0n) is 26.7. The van der Waals surface area contributed by atoms with E-state index >= 15 is 0 Å². The molecule has 0 aliphatic heterocycles. The molecular weight excluding hydrogens is 609 g/mol. The highest BCUT2D eigenvalue weighted by molar-refractivity contribution is 6.08. The Kier molecular flexibility index (Phi) is 15.3. The van der Waals surface area contributed by atoms with E-state index < -0.39 is 48.1 Å². The van der Waals surface area contributed by atoms with Crippen LogP contribution in [0, 0.1) is 28.4 Å². The van der Waals surface area contributed by atoms with Crippen molar-refractivity contribution in [3.05, 3.63) is 77.6 Å². The van der Waals surface area contributed by atoms with Crippen molar-refractivity contribution in [1.29, 1.82) is 5.41 Å². The molecule has 8 nitrogen and oxygen atoms in total. The number of nitrogens with zero attached hydrogens (tertiary/aromatic N) is 3. The highest BCUT2D eigenvalue weighted by Crippen LogP contribution is 2.33. The van der Waals surface area contributed by atoms with Crippen molar-refractivity contribution in [1.82, 2.24) is 15.4 Å². The number of hydrazone groups is 1. The minimum atomic E-state index is -3.75. The highest BCUT2D eigenvalue weighted by atomic mass is 19.3. The van der Waals surface area contributed by atoms with Crippen molar-refractivity contribution in [2.75, 3.05) is 40.0 Å². The second-order valence-electron chi connectivity index (χ2n) is 11.5. The number of benzene rings is 1. The standard InChI is InChI=1S/C33H44F5N5O3/c1-5-15-40-42(4)16-8-9-25-11-13-32(3,14-12-25)23-46-30-27(18-26(35)19-28(30)36)29(39)10-6-7-17-43(22-33(37,38)21-34)41-20-24(2)31(44)45/h6-7,10-13,17-20,24,39-40H,5,8-9,14-16,21-23H2,1-4H3,(H,44,45)/b10-6-,17-7+,39-29?,41-20-. The van der Waals surface area contributed by atoms with Gasteiger partial charge in [0.15, 0.2) is 18.2 Å². The Bertz CT molecular complexity index is 1330. The van der Waals surface area contributed by atoms with Crippen LogP contribution in [0.15, 0.2) is 65.5 Å². The number of allylic oxidation sites excluding steroid dienone is 6. The molecule has 0 saturated heterocycles. The molecule has 254 valence electrons. The number of hydrazine groups is 1. The van der Waals surface area contributed by atoms with Crippen molar-refractivity contribution < 1.29 is 36.6 Å². The van der Waals surface area contributed by atoms with E-state index in [1.807, 2.05) is 26.1 Å². The first-order valence-corrected chi connectivity index (χ1v) is 15.0. The van der Waals surface area contributed by atoms with Crippen LogP contribution in [-0.4, -0.2) is 78.9 Å². The van der Waals surface area contributed by atoms with Crippen LogP contribution in [0.3, 0.4) is 0 Å². The molecule has 2 rings (SSSR count). The number of carboxylic acid groups (broad SMARTS) is 1. The van der Waals surface area contributed by atoms with Gasteiger partial charge in [0.25, 0.3) is 5.92 Å². The number of rotatable bonds is 20. The van der Waals surface area contributed by atoms with Crippen molar-refractivity contribution in [2.45, 2.75) is 52.4 Å². The Morgan fingerprint density at radius 2 is 2.04 bits per heavy atom. The van der Waals surface area contributed by atoms with E-state index in [-0.39, 0.29) is 23.6 Å². The number of aliphatic carboxylic acids is 1. The van der Waals surface area contributed by atoms with E-state index in [0.717, 1.165) is 50.8 Å². The summed E-state index contributed by atoms with van der Waals surface area (Å²) in [4.78, 5) is 11.0. The van der Waals surface area contributed by atoms with Crippen LogP contribution >= 0.6 is 0 Å². The first-order valence-electron chi connectivity index (χ1n) is 15.0. The lowest BCUT2D eigenvalue weighted by atomic mass is 9.82. The highest BCUT2D eigenvalue weighted by Gasteiger charge is 2.31. The van der Waals surface area contributed by atoms with Gasteiger partial charge >= 0.3 is 5.97 Å². The molecule has 0 radical (unpaired) electrons. The van der Waals surface area contributed by atoms with Crippen LogP contribution < -0.4 is 10.2 Å². The smallest absolute Gasteiger partial charge is 0.311 e. The van der Waals surface area contributed by atoms with Crippen molar-refractivity contribution in [2.24, 2.45) is 16.4 Å². The van der Waals surface area contributed by atoms with Crippen molar-refractivity contribution in [3.8, 4) is 5.75 Å². The van der Waals surface area contributed by atoms with E-state index in [0.29, 0.717) is 17.5 Å². The molecule has 0 fully saturated rings. The minimum Gasteiger partial charge on any atom is -0.489 e. The second kappa shape index (κ2) is 18.3. The van der Waals surface area contributed by atoms with Crippen LogP contribution in [0.1, 0.15) is 52.0 Å². The van der Waals surface area contributed by atoms with Gasteiger partial charge in [-0.05, 0) is 50.8 Å². The monoisotopic (exact) mass is 653 g/mol. The fourth-order valence-electron chi connectivity index (χ4n) is 4.20. The van der Waals surface area contributed by atoms with Gasteiger partial charge in [0.05, 0.1) is 18.2 Å². The summed E-state index contributed by atoms with van der Waals surface area (Å²) in [5, 5.41) is 23.8. The Balaban J connectivity index is 2.08. The molecule has 0 bridgehead atoms. The Morgan fingerprint density at radius 3 is 2.67 bits per heavy atom. The third kappa shape index (κ3) is 13.3. The molecule has 3 N–H and O–H groups in total. The normalized spacial score (nSPS) is 17.7. The van der Waals surface area contributed by atoms with Crippen LogP contribution in [0.2, 0.25) is 0 Å². The third-order valence-corrected chi connectivity index (χ3v) is 7.01. The van der Waals surface area contributed by atoms with Gasteiger partial charge in [-0.25, -0.2) is 27.0 Å². The van der Waals surface area contributed by atoms with Gasteiger partial charge in [0.1, 0.15) is 12.4 Å². The number of hydrogen-bond acceptors (Lipinski definition) is 7. The molecule has 13 heteroatoms. The quantitative estimate of drug-likeness (QED) is 0.0612. The zero-order valence-corrected chi connectivity index (χ0v) is 26.7. The Morgan fingerprint density at radius 1 is 1.30 bits per heavy atom. The fraction of sp³-hybridized carbons (Fsp3) is 0.485.